The molecule has 8 nitrogen and oxygen atoms in total. The van der Waals surface area contributed by atoms with Crippen molar-refractivity contribution in [3.05, 3.63) is 66.2 Å². The maximum Gasteiger partial charge on any atom is 0.232 e. The third-order valence-corrected chi connectivity index (χ3v) is 5.52. The van der Waals surface area contributed by atoms with Gasteiger partial charge in [0.1, 0.15) is 11.6 Å². The highest BCUT2D eigenvalue weighted by Crippen LogP contribution is 2.29. The third-order valence-electron chi connectivity index (χ3n) is 3.56. The maximum absolute atomic E-state index is 13.0. The molecule has 0 spiro atoms. The lowest BCUT2D eigenvalue weighted by Gasteiger charge is -2.06. The molecule has 0 aliphatic carbocycles. The minimum Gasteiger partial charge on any atom is -0.368 e. The number of hydrogen-bond donors (Lipinski definition) is 3. The molecule has 2 heterocycles. The molecule has 2 aromatic carbocycles. The van der Waals surface area contributed by atoms with E-state index in [1.165, 1.54) is 35.2 Å². The molecule has 0 atom stereocenters. The quantitative estimate of drug-likeness (QED) is 0.374. The molecule has 0 unspecified atom stereocenters. The number of nitrogens with zero attached hydrogens (tertiary/aromatic N) is 5. The normalized spacial score (nSPS) is 10.7. The number of benzene rings is 2. The predicted molar refractivity (Wildman–Crippen MR) is 113 cm³/mol. The number of nitrogens with one attached hydrogen (secondary N) is 2. The lowest BCUT2D eigenvalue weighted by molar-refractivity contribution is 0.628. The average Bonchev–Trinajstić information content (AvgIpc) is 3.16. The van der Waals surface area contributed by atoms with Crippen LogP contribution in [0.1, 0.15) is 5.82 Å². The highest BCUT2D eigenvalue weighted by molar-refractivity contribution is 8.00. The third kappa shape index (κ3) is 5.36. The SMILES string of the molecule is Nc1nc(CSc2nnc(Nc3ccccc3)s2)nc(Nc2ccc(F)cc2)n1. The van der Waals surface area contributed by atoms with Crippen LogP contribution in [-0.4, -0.2) is 25.1 Å². The minimum absolute atomic E-state index is 0.101. The molecule has 11 heteroatoms. The average molecular weight is 427 g/mol. The fourth-order valence-electron chi connectivity index (χ4n) is 2.31. The molecule has 0 radical (unpaired) electrons. The summed E-state index contributed by atoms with van der Waals surface area (Å²) in [5, 5.41) is 15.2. The summed E-state index contributed by atoms with van der Waals surface area (Å²) in [5.41, 5.74) is 7.38. The molecule has 0 saturated carbocycles. The molecule has 4 N–H and O–H groups in total. The zero-order valence-corrected chi connectivity index (χ0v) is 16.5. The second-order valence-corrected chi connectivity index (χ2v) is 7.92. The molecular weight excluding hydrogens is 411 g/mol. The fourth-order valence-corrected chi connectivity index (χ4v) is 3.94. The van der Waals surface area contributed by atoms with Crippen LogP contribution in [0.3, 0.4) is 0 Å². The van der Waals surface area contributed by atoms with E-state index in [0.717, 1.165) is 10.0 Å². The van der Waals surface area contributed by atoms with Gasteiger partial charge in [-0.1, -0.05) is 41.3 Å². The van der Waals surface area contributed by atoms with E-state index >= 15 is 0 Å². The highest BCUT2D eigenvalue weighted by Gasteiger charge is 2.09. The Morgan fingerprint density at radius 3 is 2.45 bits per heavy atom. The van der Waals surface area contributed by atoms with E-state index in [9.17, 15) is 4.39 Å². The minimum atomic E-state index is -0.319. The lowest BCUT2D eigenvalue weighted by Crippen LogP contribution is -2.06. The summed E-state index contributed by atoms with van der Waals surface area (Å²) >= 11 is 2.89. The van der Waals surface area contributed by atoms with Gasteiger partial charge in [-0.05, 0) is 36.4 Å². The van der Waals surface area contributed by atoms with E-state index in [4.69, 9.17) is 5.73 Å². The van der Waals surface area contributed by atoms with E-state index < -0.39 is 0 Å². The van der Waals surface area contributed by atoms with E-state index in [1.807, 2.05) is 30.3 Å². The van der Waals surface area contributed by atoms with Gasteiger partial charge in [-0.3, -0.25) is 0 Å². The second-order valence-electron chi connectivity index (χ2n) is 5.72. The highest BCUT2D eigenvalue weighted by atomic mass is 32.2. The van der Waals surface area contributed by atoms with Gasteiger partial charge < -0.3 is 16.4 Å². The Balaban J connectivity index is 1.39. The monoisotopic (exact) mass is 426 g/mol. The summed E-state index contributed by atoms with van der Waals surface area (Å²) in [6.45, 7) is 0. The fraction of sp³-hybridized carbons (Fsp3) is 0.0556. The Bertz CT molecular complexity index is 1090. The predicted octanol–water partition coefficient (Wildman–Crippen LogP) is 4.22. The molecule has 146 valence electrons. The van der Waals surface area contributed by atoms with Crippen LogP contribution in [-0.2, 0) is 5.75 Å². The number of para-hydroxylation sites is 1. The van der Waals surface area contributed by atoms with Crippen LogP contribution in [0.5, 0.6) is 0 Å². The van der Waals surface area contributed by atoms with Crippen LogP contribution in [0.25, 0.3) is 0 Å². The van der Waals surface area contributed by atoms with E-state index in [2.05, 4.69) is 35.8 Å². The standard InChI is InChI=1S/C18H15FN8S2/c19-11-6-8-13(9-7-11)21-16-24-14(23-15(20)25-16)10-28-18-27-26-17(29-18)22-12-4-2-1-3-5-12/h1-9H,10H2,(H,22,26)(H3,20,21,23,24,25). The van der Waals surface area contributed by atoms with Crippen LogP contribution in [0.4, 0.5) is 32.8 Å². The molecule has 0 bridgehead atoms. The Morgan fingerprint density at radius 2 is 1.66 bits per heavy atom. The van der Waals surface area contributed by atoms with Crippen molar-refractivity contribution in [3.8, 4) is 0 Å². The molecule has 0 aliphatic heterocycles. The first kappa shape index (κ1) is 19.0. The van der Waals surface area contributed by atoms with Crippen molar-refractivity contribution in [3.63, 3.8) is 0 Å². The van der Waals surface area contributed by atoms with Crippen molar-refractivity contribution in [1.82, 2.24) is 25.1 Å². The number of anilines is 5. The molecule has 4 rings (SSSR count). The van der Waals surface area contributed by atoms with Crippen molar-refractivity contribution in [2.24, 2.45) is 0 Å². The summed E-state index contributed by atoms with van der Waals surface area (Å²) < 4.78 is 13.8. The Morgan fingerprint density at radius 1 is 0.897 bits per heavy atom. The largest absolute Gasteiger partial charge is 0.368 e. The Labute approximate surface area is 173 Å². The van der Waals surface area contributed by atoms with E-state index in [1.54, 1.807) is 12.1 Å². The number of thioether (sulfide) groups is 1. The Kier molecular flexibility index (Phi) is 5.77. The number of nitrogens with two attached hydrogens (primary N) is 1. The van der Waals surface area contributed by atoms with Crippen molar-refractivity contribution in [2.75, 3.05) is 16.4 Å². The summed E-state index contributed by atoms with van der Waals surface area (Å²) in [4.78, 5) is 12.6. The molecule has 0 saturated heterocycles. The molecule has 4 aromatic rings. The lowest BCUT2D eigenvalue weighted by atomic mass is 10.3. The summed E-state index contributed by atoms with van der Waals surface area (Å²) in [5.74, 6) is 1.03. The van der Waals surface area contributed by atoms with Gasteiger partial charge in [0.05, 0.1) is 5.75 Å². The first-order valence-corrected chi connectivity index (χ1v) is 10.3. The van der Waals surface area contributed by atoms with Gasteiger partial charge in [-0.15, -0.1) is 10.2 Å². The van der Waals surface area contributed by atoms with E-state index in [0.29, 0.717) is 28.3 Å². The topological polar surface area (TPSA) is 115 Å². The van der Waals surface area contributed by atoms with Crippen LogP contribution < -0.4 is 16.4 Å². The van der Waals surface area contributed by atoms with Crippen LogP contribution in [0, 0.1) is 5.82 Å². The van der Waals surface area contributed by atoms with E-state index in [-0.39, 0.29) is 11.8 Å². The summed E-state index contributed by atoms with van der Waals surface area (Å²) in [6, 6.07) is 15.6. The number of nitrogen functional groups attached to an aromatic ring is 1. The van der Waals surface area contributed by atoms with Crippen molar-refractivity contribution >= 4 is 51.5 Å². The molecule has 0 amide bonds. The van der Waals surface area contributed by atoms with Crippen molar-refractivity contribution in [1.29, 1.82) is 0 Å². The maximum atomic E-state index is 13.0. The number of rotatable bonds is 7. The number of hydrogen-bond acceptors (Lipinski definition) is 10. The number of halogens is 1. The molecule has 0 fully saturated rings. The molecular formula is C18H15FN8S2. The molecule has 29 heavy (non-hydrogen) atoms. The first-order valence-electron chi connectivity index (χ1n) is 8.45. The molecule has 2 aromatic heterocycles. The summed E-state index contributed by atoms with van der Waals surface area (Å²) in [7, 11) is 0. The van der Waals surface area contributed by atoms with Gasteiger partial charge in [0, 0.05) is 11.4 Å². The zero-order valence-electron chi connectivity index (χ0n) is 14.9. The van der Waals surface area contributed by atoms with Crippen LogP contribution in [0.2, 0.25) is 0 Å². The van der Waals surface area contributed by atoms with Crippen LogP contribution in [0.15, 0.2) is 58.9 Å². The van der Waals surface area contributed by atoms with Crippen molar-refractivity contribution in [2.45, 2.75) is 10.1 Å². The van der Waals surface area contributed by atoms with Gasteiger partial charge in [-0.2, -0.15) is 15.0 Å². The number of aromatic nitrogens is 5. The van der Waals surface area contributed by atoms with Gasteiger partial charge in [-0.25, -0.2) is 4.39 Å². The second kappa shape index (κ2) is 8.80. The Hall–Kier alpha value is -3.31. The van der Waals surface area contributed by atoms with Gasteiger partial charge >= 0.3 is 0 Å². The zero-order chi connectivity index (χ0) is 20.1. The van der Waals surface area contributed by atoms with Crippen molar-refractivity contribution < 1.29 is 4.39 Å². The van der Waals surface area contributed by atoms with Gasteiger partial charge in [0.15, 0.2) is 4.34 Å². The van der Waals surface area contributed by atoms with Crippen LogP contribution >= 0.6 is 23.1 Å². The summed E-state index contributed by atoms with van der Waals surface area (Å²) in [6.07, 6.45) is 0. The first-order chi connectivity index (χ1) is 14.1. The smallest absolute Gasteiger partial charge is 0.232 e. The van der Waals surface area contributed by atoms with Gasteiger partial charge in [0.2, 0.25) is 17.0 Å². The molecule has 0 aliphatic rings. The van der Waals surface area contributed by atoms with Gasteiger partial charge in [0.25, 0.3) is 0 Å².